The van der Waals surface area contributed by atoms with Crippen LogP contribution >= 0.6 is 0 Å². The Balaban J connectivity index is 2.55. The number of aromatic nitrogens is 4. The maximum absolute atomic E-state index is 11.9. The second-order valence-corrected chi connectivity index (χ2v) is 4.12. The van der Waals surface area contributed by atoms with Crippen LogP contribution in [-0.2, 0) is 16.0 Å². The Labute approximate surface area is 112 Å². The minimum absolute atomic E-state index is 0.0825. The number of carbonyl (C=O) groups is 1. The maximum atomic E-state index is 11.9. The fourth-order valence-corrected chi connectivity index (χ4v) is 1.62. The zero-order valence-electron chi connectivity index (χ0n) is 10.8. The van der Waals surface area contributed by atoms with Gasteiger partial charge in [0.15, 0.2) is 5.82 Å². The van der Waals surface area contributed by atoms with E-state index in [9.17, 15) is 18.0 Å². The van der Waals surface area contributed by atoms with Crippen molar-refractivity contribution in [2.75, 3.05) is 13.2 Å². The minimum atomic E-state index is -4.37. The molecule has 10 heteroatoms. The third kappa shape index (κ3) is 5.51. The van der Waals surface area contributed by atoms with Crippen molar-refractivity contribution in [1.29, 1.82) is 0 Å². The highest BCUT2D eigenvalue weighted by atomic mass is 19.4. The number of rotatable bonds is 8. The van der Waals surface area contributed by atoms with Gasteiger partial charge in [0.1, 0.15) is 6.61 Å². The van der Waals surface area contributed by atoms with Crippen molar-refractivity contribution in [3.05, 3.63) is 5.82 Å². The summed E-state index contributed by atoms with van der Waals surface area (Å²) >= 11 is 0. The van der Waals surface area contributed by atoms with Crippen molar-refractivity contribution in [2.45, 2.75) is 38.4 Å². The molecule has 1 N–H and O–H groups in total. The highest BCUT2D eigenvalue weighted by Crippen LogP contribution is 2.17. The summed E-state index contributed by atoms with van der Waals surface area (Å²) in [5.41, 5.74) is 0. The Morgan fingerprint density at radius 3 is 2.75 bits per heavy atom. The first-order chi connectivity index (χ1) is 9.33. The van der Waals surface area contributed by atoms with Crippen LogP contribution in [0.4, 0.5) is 13.2 Å². The van der Waals surface area contributed by atoms with Gasteiger partial charge in [-0.25, -0.2) is 4.68 Å². The SMILES string of the molecule is CCC(CC(=O)O)n1nnnc1CCOCC(F)(F)F. The van der Waals surface area contributed by atoms with E-state index in [0.29, 0.717) is 12.2 Å². The summed E-state index contributed by atoms with van der Waals surface area (Å²) in [4.78, 5) is 10.7. The first-order valence-electron chi connectivity index (χ1n) is 5.96. The van der Waals surface area contributed by atoms with Crippen LogP contribution in [0.1, 0.15) is 31.6 Å². The van der Waals surface area contributed by atoms with Crippen molar-refractivity contribution in [1.82, 2.24) is 20.2 Å². The molecule has 20 heavy (non-hydrogen) atoms. The molecule has 0 amide bonds. The highest BCUT2D eigenvalue weighted by Gasteiger charge is 2.27. The minimum Gasteiger partial charge on any atom is -0.481 e. The number of ether oxygens (including phenoxy) is 1. The van der Waals surface area contributed by atoms with E-state index in [1.165, 1.54) is 4.68 Å². The summed E-state index contributed by atoms with van der Waals surface area (Å²) in [5.74, 6) is -0.688. The summed E-state index contributed by atoms with van der Waals surface area (Å²) in [6.45, 7) is 0.253. The molecule has 0 aliphatic carbocycles. The normalized spacial score (nSPS) is 13.4. The van der Waals surface area contributed by atoms with Gasteiger partial charge in [-0.2, -0.15) is 13.2 Å². The molecule has 114 valence electrons. The van der Waals surface area contributed by atoms with E-state index < -0.39 is 24.8 Å². The summed E-state index contributed by atoms with van der Waals surface area (Å²) in [6.07, 6.45) is -3.95. The summed E-state index contributed by atoms with van der Waals surface area (Å²) < 4.78 is 41.5. The molecule has 0 aliphatic rings. The third-order valence-corrected chi connectivity index (χ3v) is 2.52. The van der Waals surface area contributed by atoms with Gasteiger partial charge in [0.05, 0.1) is 19.1 Å². The van der Waals surface area contributed by atoms with E-state index in [1.54, 1.807) is 6.92 Å². The molecule has 1 rings (SSSR count). The van der Waals surface area contributed by atoms with E-state index in [1.807, 2.05) is 0 Å². The fourth-order valence-electron chi connectivity index (χ4n) is 1.62. The van der Waals surface area contributed by atoms with Gasteiger partial charge in [-0.3, -0.25) is 4.79 Å². The standard InChI is InChI=1S/C10H15F3N4O3/c1-2-7(5-9(18)19)17-8(14-15-16-17)3-4-20-6-10(11,12)13/h7H,2-6H2,1H3,(H,18,19). The van der Waals surface area contributed by atoms with Crippen LogP contribution in [-0.4, -0.2) is 50.7 Å². The van der Waals surface area contributed by atoms with E-state index in [-0.39, 0.29) is 19.4 Å². The van der Waals surface area contributed by atoms with Gasteiger partial charge in [0.25, 0.3) is 0 Å². The number of aliphatic carboxylic acids is 1. The topological polar surface area (TPSA) is 90.1 Å². The van der Waals surface area contributed by atoms with E-state index >= 15 is 0 Å². The number of nitrogens with zero attached hydrogens (tertiary/aromatic N) is 4. The Morgan fingerprint density at radius 1 is 1.50 bits per heavy atom. The van der Waals surface area contributed by atoms with Gasteiger partial charge in [-0.05, 0) is 16.8 Å². The van der Waals surface area contributed by atoms with Crippen LogP contribution in [0.5, 0.6) is 0 Å². The predicted molar refractivity (Wildman–Crippen MR) is 60.0 cm³/mol. The van der Waals surface area contributed by atoms with Crippen LogP contribution in [0.15, 0.2) is 0 Å². The monoisotopic (exact) mass is 296 g/mol. The molecule has 1 aromatic heterocycles. The van der Waals surface area contributed by atoms with Crippen LogP contribution in [0.3, 0.4) is 0 Å². The first-order valence-corrected chi connectivity index (χ1v) is 5.96. The van der Waals surface area contributed by atoms with E-state index in [0.717, 1.165) is 0 Å². The van der Waals surface area contributed by atoms with Gasteiger partial charge in [-0.1, -0.05) is 6.92 Å². The summed E-state index contributed by atoms with van der Waals surface area (Å²) in [5, 5.41) is 19.6. The zero-order valence-corrected chi connectivity index (χ0v) is 10.8. The number of halogens is 3. The molecule has 0 spiro atoms. The molecule has 0 saturated heterocycles. The van der Waals surface area contributed by atoms with E-state index in [4.69, 9.17) is 5.11 Å². The number of carboxylic acid groups (broad SMARTS) is 1. The third-order valence-electron chi connectivity index (χ3n) is 2.52. The summed E-state index contributed by atoms with van der Waals surface area (Å²) in [6, 6.07) is -0.430. The van der Waals surface area contributed by atoms with Gasteiger partial charge < -0.3 is 9.84 Å². The van der Waals surface area contributed by atoms with Crippen molar-refractivity contribution in [3.63, 3.8) is 0 Å². The molecule has 1 unspecified atom stereocenters. The molecule has 1 heterocycles. The van der Waals surface area contributed by atoms with Crippen molar-refractivity contribution < 1.29 is 27.8 Å². The van der Waals surface area contributed by atoms with Gasteiger partial charge in [-0.15, -0.1) is 5.10 Å². The highest BCUT2D eigenvalue weighted by molar-refractivity contribution is 5.67. The molecule has 0 bridgehead atoms. The molecular weight excluding hydrogens is 281 g/mol. The quantitative estimate of drug-likeness (QED) is 0.725. The Hall–Kier alpha value is -1.71. The van der Waals surface area contributed by atoms with Gasteiger partial charge in [0, 0.05) is 6.42 Å². The molecule has 0 saturated carbocycles. The average molecular weight is 296 g/mol. The average Bonchev–Trinajstić information content (AvgIpc) is 2.78. The van der Waals surface area contributed by atoms with Crippen LogP contribution in [0.2, 0.25) is 0 Å². The Morgan fingerprint density at radius 2 is 2.20 bits per heavy atom. The maximum Gasteiger partial charge on any atom is 0.411 e. The van der Waals surface area contributed by atoms with Crippen LogP contribution in [0.25, 0.3) is 0 Å². The first kappa shape index (κ1) is 16.3. The predicted octanol–water partition coefficient (Wildman–Crippen LogP) is 1.22. The molecule has 0 fully saturated rings. The molecule has 0 aromatic carbocycles. The largest absolute Gasteiger partial charge is 0.481 e. The Kier molecular flexibility index (Phi) is 5.86. The second kappa shape index (κ2) is 7.17. The lowest BCUT2D eigenvalue weighted by atomic mass is 10.1. The number of alkyl halides is 3. The van der Waals surface area contributed by atoms with Crippen molar-refractivity contribution in [2.24, 2.45) is 0 Å². The number of hydrogen-bond acceptors (Lipinski definition) is 5. The van der Waals surface area contributed by atoms with Crippen LogP contribution < -0.4 is 0 Å². The van der Waals surface area contributed by atoms with Crippen molar-refractivity contribution in [3.8, 4) is 0 Å². The molecular formula is C10H15F3N4O3. The lowest BCUT2D eigenvalue weighted by Gasteiger charge is -2.14. The van der Waals surface area contributed by atoms with Crippen LogP contribution in [0, 0.1) is 0 Å². The van der Waals surface area contributed by atoms with Gasteiger partial charge in [0.2, 0.25) is 0 Å². The number of carboxylic acids is 1. The zero-order chi connectivity index (χ0) is 15.2. The number of hydrogen-bond donors (Lipinski definition) is 1. The lowest BCUT2D eigenvalue weighted by molar-refractivity contribution is -0.173. The smallest absolute Gasteiger partial charge is 0.411 e. The molecule has 0 aliphatic heterocycles. The molecule has 7 nitrogen and oxygen atoms in total. The number of tetrazole rings is 1. The summed E-state index contributed by atoms with van der Waals surface area (Å²) in [7, 11) is 0. The molecule has 1 aromatic rings. The molecule has 1 atom stereocenters. The Bertz CT molecular complexity index is 436. The van der Waals surface area contributed by atoms with Crippen molar-refractivity contribution >= 4 is 5.97 Å². The molecule has 0 radical (unpaired) electrons. The fraction of sp³-hybridized carbons (Fsp3) is 0.800. The van der Waals surface area contributed by atoms with E-state index in [2.05, 4.69) is 20.3 Å². The second-order valence-electron chi connectivity index (χ2n) is 4.12. The van der Waals surface area contributed by atoms with Gasteiger partial charge >= 0.3 is 12.1 Å². The lowest BCUT2D eigenvalue weighted by Crippen LogP contribution is -2.20.